The average Bonchev–Trinajstić information content (AvgIpc) is 2.87. The highest BCUT2D eigenvalue weighted by atomic mass is 32.2. The Morgan fingerprint density at radius 2 is 2.00 bits per heavy atom. The summed E-state index contributed by atoms with van der Waals surface area (Å²) in [6.07, 6.45) is 4.07. The van der Waals surface area contributed by atoms with E-state index in [0.717, 1.165) is 11.1 Å². The maximum Gasteiger partial charge on any atom is 0.244 e. The number of rotatable bonds is 6. The van der Waals surface area contributed by atoms with E-state index in [0.29, 0.717) is 22.7 Å². The van der Waals surface area contributed by atoms with Crippen LogP contribution in [-0.2, 0) is 23.0 Å². The predicted octanol–water partition coefficient (Wildman–Crippen LogP) is 1.77. The molecule has 0 spiro atoms. The number of aromatic nitrogens is 1. The third-order valence-electron chi connectivity index (χ3n) is 3.31. The Kier molecular flexibility index (Phi) is 5.10. The first kappa shape index (κ1) is 16.1. The molecule has 2 heterocycles. The summed E-state index contributed by atoms with van der Waals surface area (Å²) in [6, 6.07) is 3.78. The Morgan fingerprint density at radius 3 is 2.62 bits per heavy atom. The zero-order valence-corrected chi connectivity index (χ0v) is 13.7. The van der Waals surface area contributed by atoms with E-state index in [9.17, 15) is 8.42 Å². The Hall–Kier alpha value is -1.28. The van der Waals surface area contributed by atoms with Gasteiger partial charge >= 0.3 is 0 Å². The van der Waals surface area contributed by atoms with E-state index in [2.05, 4.69) is 4.98 Å². The Labute approximate surface area is 129 Å². The van der Waals surface area contributed by atoms with Crippen LogP contribution in [0.4, 0.5) is 0 Å². The predicted molar refractivity (Wildman–Crippen MR) is 84.7 cm³/mol. The molecule has 0 radical (unpaired) electrons. The molecule has 2 N–H and O–H groups in total. The van der Waals surface area contributed by atoms with Crippen molar-refractivity contribution in [2.24, 2.45) is 5.73 Å². The van der Waals surface area contributed by atoms with Crippen LogP contribution in [0.5, 0.6) is 0 Å². The monoisotopic (exact) mass is 325 g/mol. The van der Waals surface area contributed by atoms with Crippen molar-refractivity contribution in [1.29, 1.82) is 0 Å². The first-order valence-electron chi connectivity index (χ1n) is 6.59. The molecule has 0 saturated heterocycles. The van der Waals surface area contributed by atoms with Crippen LogP contribution in [0.1, 0.15) is 16.0 Å². The molecule has 2 aromatic rings. The van der Waals surface area contributed by atoms with Crippen molar-refractivity contribution in [3.63, 3.8) is 0 Å². The smallest absolute Gasteiger partial charge is 0.244 e. The molecule has 5 nitrogen and oxygen atoms in total. The van der Waals surface area contributed by atoms with Gasteiger partial charge in [0.05, 0.1) is 0 Å². The summed E-state index contributed by atoms with van der Waals surface area (Å²) in [6.45, 7) is 2.47. The number of nitrogens with zero attached hydrogens (tertiary/aromatic N) is 2. The van der Waals surface area contributed by atoms with Gasteiger partial charge in [-0.25, -0.2) is 12.7 Å². The van der Waals surface area contributed by atoms with E-state index < -0.39 is 10.0 Å². The molecule has 0 unspecified atom stereocenters. The summed E-state index contributed by atoms with van der Waals surface area (Å²) in [5, 5.41) is 1.84. The quantitative estimate of drug-likeness (QED) is 0.878. The normalized spacial score (nSPS) is 12.0. The molecule has 2 aromatic heterocycles. The van der Waals surface area contributed by atoms with Crippen molar-refractivity contribution in [2.45, 2.75) is 24.8 Å². The number of aryl methyl sites for hydroxylation is 1. The van der Waals surface area contributed by atoms with E-state index in [-0.39, 0.29) is 6.54 Å². The standard InChI is InChI=1S/C14H19N3O2S2/c1-11-10-20-13(9-15)14(11)21(18,19)17(2)8-5-12-3-6-16-7-4-12/h3-4,6-7,10H,5,8-9,15H2,1-2H3. The third kappa shape index (κ3) is 3.49. The molecule has 0 atom stereocenters. The number of nitrogens with two attached hydrogens (primary N) is 1. The molecule has 7 heteroatoms. The highest BCUT2D eigenvalue weighted by Crippen LogP contribution is 2.28. The van der Waals surface area contributed by atoms with Crippen molar-refractivity contribution >= 4 is 21.4 Å². The van der Waals surface area contributed by atoms with Gasteiger partial charge in [-0.1, -0.05) is 0 Å². The van der Waals surface area contributed by atoms with Gasteiger partial charge < -0.3 is 5.73 Å². The second kappa shape index (κ2) is 6.65. The topological polar surface area (TPSA) is 76.3 Å². The molecular weight excluding hydrogens is 306 g/mol. The lowest BCUT2D eigenvalue weighted by Gasteiger charge is -2.18. The fourth-order valence-electron chi connectivity index (χ4n) is 2.09. The van der Waals surface area contributed by atoms with Crippen LogP contribution in [0, 0.1) is 6.92 Å². The molecule has 114 valence electrons. The summed E-state index contributed by atoms with van der Waals surface area (Å²) < 4.78 is 26.8. The molecule has 0 aromatic carbocycles. The van der Waals surface area contributed by atoms with Gasteiger partial charge in [0, 0.05) is 37.4 Å². The fourth-order valence-corrected chi connectivity index (χ4v) is 4.90. The van der Waals surface area contributed by atoms with Gasteiger partial charge in [0.25, 0.3) is 0 Å². The molecule has 0 amide bonds. The van der Waals surface area contributed by atoms with Crippen molar-refractivity contribution in [2.75, 3.05) is 13.6 Å². The summed E-state index contributed by atoms with van der Waals surface area (Å²) in [5.41, 5.74) is 7.47. The molecule has 0 aliphatic carbocycles. The van der Waals surface area contributed by atoms with Crippen molar-refractivity contribution < 1.29 is 8.42 Å². The van der Waals surface area contributed by atoms with Crippen molar-refractivity contribution in [3.05, 3.63) is 45.9 Å². The van der Waals surface area contributed by atoms with Gasteiger partial charge in [0.1, 0.15) is 4.90 Å². The van der Waals surface area contributed by atoms with Gasteiger partial charge in [-0.3, -0.25) is 4.98 Å². The number of pyridine rings is 1. The Bertz CT molecular complexity index is 696. The summed E-state index contributed by atoms with van der Waals surface area (Å²) in [4.78, 5) is 5.03. The molecule has 0 saturated carbocycles. The van der Waals surface area contributed by atoms with Crippen LogP contribution >= 0.6 is 11.3 Å². The van der Waals surface area contributed by atoms with E-state index in [1.165, 1.54) is 15.6 Å². The van der Waals surface area contributed by atoms with Crippen LogP contribution in [0.3, 0.4) is 0 Å². The maximum atomic E-state index is 12.7. The molecule has 2 rings (SSSR count). The second-order valence-electron chi connectivity index (χ2n) is 4.81. The van der Waals surface area contributed by atoms with E-state index in [1.807, 2.05) is 17.5 Å². The van der Waals surface area contributed by atoms with Crippen LogP contribution in [-0.4, -0.2) is 31.3 Å². The Balaban J connectivity index is 2.17. The summed E-state index contributed by atoms with van der Waals surface area (Å²) >= 11 is 1.40. The fraction of sp³-hybridized carbons (Fsp3) is 0.357. The summed E-state index contributed by atoms with van der Waals surface area (Å²) in [5.74, 6) is 0. The summed E-state index contributed by atoms with van der Waals surface area (Å²) in [7, 11) is -1.89. The molecule has 0 aliphatic heterocycles. The number of sulfonamides is 1. The SMILES string of the molecule is Cc1csc(CN)c1S(=O)(=O)N(C)CCc1ccncc1. The van der Waals surface area contributed by atoms with Gasteiger partial charge in [-0.05, 0) is 42.0 Å². The highest BCUT2D eigenvalue weighted by molar-refractivity contribution is 7.89. The maximum absolute atomic E-state index is 12.7. The lowest BCUT2D eigenvalue weighted by molar-refractivity contribution is 0.471. The number of likely N-dealkylation sites (N-methyl/N-ethyl adjacent to an activating group) is 1. The zero-order chi connectivity index (χ0) is 15.5. The van der Waals surface area contributed by atoms with E-state index >= 15 is 0 Å². The highest BCUT2D eigenvalue weighted by Gasteiger charge is 2.26. The van der Waals surface area contributed by atoms with E-state index in [4.69, 9.17) is 5.73 Å². The minimum absolute atomic E-state index is 0.241. The zero-order valence-electron chi connectivity index (χ0n) is 12.1. The average molecular weight is 325 g/mol. The number of hydrogen-bond donors (Lipinski definition) is 1. The molecule has 0 aliphatic rings. The van der Waals surface area contributed by atoms with Gasteiger partial charge in [-0.15, -0.1) is 11.3 Å². The first-order chi connectivity index (χ1) is 9.96. The van der Waals surface area contributed by atoms with Crippen molar-refractivity contribution in [3.8, 4) is 0 Å². The van der Waals surface area contributed by atoms with Crippen LogP contribution in [0.2, 0.25) is 0 Å². The minimum Gasteiger partial charge on any atom is -0.326 e. The molecule has 21 heavy (non-hydrogen) atoms. The largest absolute Gasteiger partial charge is 0.326 e. The van der Waals surface area contributed by atoms with Crippen LogP contribution < -0.4 is 5.73 Å². The number of thiophene rings is 1. The Morgan fingerprint density at radius 1 is 1.33 bits per heavy atom. The van der Waals surface area contributed by atoms with Gasteiger partial charge in [0.15, 0.2) is 0 Å². The minimum atomic E-state index is -3.49. The van der Waals surface area contributed by atoms with Crippen LogP contribution in [0.15, 0.2) is 34.8 Å². The molecule has 0 bridgehead atoms. The van der Waals surface area contributed by atoms with E-state index in [1.54, 1.807) is 26.4 Å². The molecule has 0 fully saturated rings. The van der Waals surface area contributed by atoms with Gasteiger partial charge in [0.2, 0.25) is 10.0 Å². The first-order valence-corrected chi connectivity index (χ1v) is 8.91. The van der Waals surface area contributed by atoms with Gasteiger partial charge in [-0.2, -0.15) is 0 Å². The second-order valence-corrected chi connectivity index (χ2v) is 7.75. The van der Waals surface area contributed by atoms with Crippen molar-refractivity contribution in [1.82, 2.24) is 9.29 Å². The lowest BCUT2D eigenvalue weighted by Crippen LogP contribution is -2.30. The third-order valence-corrected chi connectivity index (χ3v) is 6.65. The lowest BCUT2D eigenvalue weighted by atomic mass is 10.2. The number of hydrogen-bond acceptors (Lipinski definition) is 5. The van der Waals surface area contributed by atoms with Crippen LogP contribution in [0.25, 0.3) is 0 Å². The molecular formula is C14H19N3O2S2.